The summed E-state index contributed by atoms with van der Waals surface area (Å²) < 4.78 is 5.98. The van der Waals surface area contributed by atoms with E-state index in [4.69, 9.17) is 9.84 Å². The number of imide groups is 1. The van der Waals surface area contributed by atoms with E-state index in [9.17, 15) is 14.4 Å². The van der Waals surface area contributed by atoms with Crippen molar-refractivity contribution in [3.8, 4) is 5.75 Å². The van der Waals surface area contributed by atoms with Crippen LogP contribution in [0.3, 0.4) is 0 Å². The molecule has 1 aliphatic rings. The van der Waals surface area contributed by atoms with Crippen LogP contribution in [0.5, 0.6) is 5.75 Å². The van der Waals surface area contributed by atoms with Crippen LogP contribution < -0.4 is 10.1 Å². The second-order valence-electron chi connectivity index (χ2n) is 6.58. The van der Waals surface area contributed by atoms with Gasteiger partial charge in [0, 0.05) is 4.88 Å². The van der Waals surface area contributed by atoms with Crippen LogP contribution in [0.2, 0.25) is 0 Å². The van der Waals surface area contributed by atoms with Gasteiger partial charge in [-0.1, -0.05) is 19.9 Å². The minimum atomic E-state index is -1.03. The number of thiophene rings is 1. The fraction of sp³-hybridized carbons (Fsp3) is 0.350. The average molecular weight is 402 g/mol. The molecule has 0 radical (unpaired) electrons. The van der Waals surface area contributed by atoms with Crippen molar-refractivity contribution >= 4 is 29.2 Å². The van der Waals surface area contributed by atoms with Crippen LogP contribution in [0.25, 0.3) is 0 Å². The molecule has 2 N–H and O–H groups in total. The van der Waals surface area contributed by atoms with Gasteiger partial charge in [0.05, 0.1) is 12.1 Å². The summed E-state index contributed by atoms with van der Waals surface area (Å²) >= 11 is 1.52. The van der Waals surface area contributed by atoms with Gasteiger partial charge in [-0.15, -0.1) is 11.3 Å². The highest BCUT2D eigenvalue weighted by atomic mass is 32.1. The zero-order chi connectivity index (χ0) is 20.3. The zero-order valence-corrected chi connectivity index (χ0v) is 16.5. The lowest BCUT2D eigenvalue weighted by atomic mass is 9.72. The standard InChI is InChI=1S/C20H22N2O5S/c1-3-20(4-2)17(25)22(19(26)21-12-15-6-5-11-28-15)18(20)27-14-9-7-13(8-10-14)16(23)24/h5-11,18H,3-4,12H2,1-2H3,(H,21,26)(H,23,24). The maximum absolute atomic E-state index is 12.8. The lowest BCUT2D eigenvalue weighted by Gasteiger charge is -2.53. The summed E-state index contributed by atoms with van der Waals surface area (Å²) in [6, 6.07) is 9.23. The molecule has 8 heteroatoms. The molecule has 0 aliphatic carbocycles. The monoisotopic (exact) mass is 402 g/mol. The molecule has 0 saturated carbocycles. The number of benzene rings is 1. The molecule has 0 spiro atoms. The van der Waals surface area contributed by atoms with Crippen molar-refractivity contribution in [3.05, 3.63) is 52.2 Å². The van der Waals surface area contributed by atoms with E-state index in [0.29, 0.717) is 25.1 Å². The van der Waals surface area contributed by atoms with Gasteiger partial charge in [0.1, 0.15) is 11.2 Å². The number of carbonyl (C=O) groups is 3. The number of rotatable bonds is 7. The van der Waals surface area contributed by atoms with E-state index in [1.807, 2.05) is 31.4 Å². The largest absolute Gasteiger partial charge is 0.478 e. The van der Waals surface area contributed by atoms with E-state index in [1.54, 1.807) is 0 Å². The number of nitrogens with one attached hydrogen (secondary N) is 1. The predicted molar refractivity (Wildman–Crippen MR) is 104 cm³/mol. The Morgan fingerprint density at radius 2 is 1.89 bits per heavy atom. The van der Waals surface area contributed by atoms with Crippen molar-refractivity contribution in [1.82, 2.24) is 10.2 Å². The summed E-state index contributed by atoms with van der Waals surface area (Å²) in [5.74, 6) is -0.880. The van der Waals surface area contributed by atoms with Gasteiger partial charge in [0.25, 0.3) is 0 Å². The molecule has 1 aromatic heterocycles. The quantitative estimate of drug-likeness (QED) is 0.689. The molecule has 2 aromatic rings. The Kier molecular flexibility index (Phi) is 5.69. The third-order valence-electron chi connectivity index (χ3n) is 5.18. The third-order valence-corrected chi connectivity index (χ3v) is 6.05. The number of carbonyl (C=O) groups excluding carboxylic acids is 2. The molecular formula is C20H22N2O5S. The Morgan fingerprint density at radius 1 is 1.21 bits per heavy atom. The topological polar surface area (TPSA) is 95.9 Å². The predicted octanol–water partition coefficient (Wildman–Crippen LogP) is 3.71. The molecule has 3 amide bonds. The van der Waals surface area contributed by atoms with E-state index >= 15 is 0 Å². The van der Waals surface area contributed by atoms with Crippen molar-refractivity contribution in [1.29, 1.82) is 0 Å². The van der Waals surface area contributed by atoms with Gasteiger partial charge >= 0.3 is 12.0 Å². The van der Waals surface area contributed by atoms with Crippen molar-refractivity contribution in [2.45, 2.75) is 39.5 Å². The van der Waals surface area contributed by atoms with Gasteiger partial charge < -0.3 is 15.2 Å². The first kappa shape index (κ1) is 19.9. The smallest absolute Gasteiger partial charge is 0.335 e. The first-order valence-corrected chi connectivity index (χ1v) is 9.94. The Bertz CT molecular complexity index is 859. The molecule has 2 heterocycles. The van der Waals surface area contributed by atoms with Crippen molar-refractivity contribution in [2.24, 2.45) is 5.41 Å². The Labute approximate surface area is 166 Å². The molecule has 1 fully saturated rings. The summed E-state index contributed by atoms with van der Waals surface area (Å²) in [6.07, 6.45) is 0.332. The van der Waals surface area contributed by atoms with Crippen LogP contribution in [-0.4, -0.2) is 34.1 Å². The van der Waals surface area contributed by atoms with Gasteiger partial charge in [-0.3, -0.25) is 4.79 Å². The fourth-order valence-electron chi connectivity index (χ4n) is 3.36. The second-order valence-corrected chi connectivity index (χ2v) is 7.61. The molecule has 7 nitrogen and oxygen atoms in total. The van der Waals surface area contributed by atoms with Crippen LogP contribution >= 0.6 is 11.3 Å². The van der Waals surface area contributed by atoms with Gasteiger partial charge in [-0.2, -0.15) is 0 Å². The molecule has 148 valence electrons. The summed E-state index contributed by atoms with van der Waals surface area (Å²) in [5.41, 5.74) is -0.633. The Balaban J connectivity index is 1.77. The Morgan fingerprint density at radius 3 is 2.43 bits per heavy atom. The first-order valence-electron chi connectivity index (χ1n) is 9.06. The number of likely N-dealkylation sites (tertiary alicyclic amines) is 1. The molecule has 1 aromatic carbocycles. The van der Waals surface area contributed by atoms with Crippen molar-refractivity contribution in [3.63, 3.8) is 0 Å². The fourth-order valence-corrected chi connectivity index (χ4v) is 4.01. The number of carboxylic acid groups (broad SMARTS) is 1. The highest BCUT2D eigenvalue weighted by Crippen LogP contribution is 2.46. The molecule has 1 aliphatic heterocycles. The summed E-state index contributed by atoms with van der Waals surface area (Å²) in [4.78, 5) is 38.5. The van der Waals surface area contributed by atoms with Gasteiger partial charge in [0.15, 0.2) is 6.23 Å². The molecular weight excluding hydrogens is 380 g/mol. The number of β-lactam (4-membered cyclic amide) rings is 1. The summed E-state index contributed by atoms with van der Waals surface area (Å²) in [6.45, 7) is 4.13. The van der Waals surface area contributed by atoms with Crippen LogP contribution in [0.15, 0.2) is 41.8 Å². The zero-order valence-electron chi connectivity index (χ0n) is 15.7. The summed E-state index contributed by atoms with van der Waals surface area (Å²) in [5, 5.41) is 13.7. The average Bonchev–Trinajstić information content (AvgIpc) is 3.21. The van der Waals surface area contributed by atoms with E-state index < -0.39 is 23.6 Å². The number of nitrogens with zero attached hydrogens (tertiary/aromatic N) is 1. The lowest BCUT2D eigenvalue weighted by Crippen LogP contribution is -2.73. The van der Waals surface area contributed by atoms with E-state index in [-0.39, 0.29) is 11.5 Å². The number of hydrogen-bond acceptors (Lipinski definition) is 5. The van der Waals surface area contributed by atoms with Crippen LogP contribution in [0.4, 0.5) is 4.79 Å². The number of hydrogen-bond donors (Lipinski definition) is 2. The lowest BCUT2D eigenvalue weighted by molar-refractivity contribution is -0.190. The van der Waals surface area contributed by atoms with Crippen molar-refractivity contribution < 1.29 is 24.2 Å². The molecule has 3 rings (SSSR count). The van der Waals surface area contributed by atoms with E-state index in [2.05, 4.69) is 5.32 Å². The maximum atomic E-state index is 12.8. The van der Waals surface area contributed by atoms with E-state index in [0.717, 1.165) is 9.78 Å². The molecule has 1 atom stereocenters. The van der Waals surface area contributed by atoms with Crippen LogP contribution in [0.1, 0.15) is 41.9 Å². The summed E-state index contributed by atoms with van der Waals surface area (Å²) in [7, 11) is 0. The van der Waals surface area contributed by atoms with Gasteiger partial charge in [-0.25, -0.2) is 14.5 Å². The van der Waals surface area contributed by atoms with E-state index in [1.165, 1.54) is 35.6 Å². The normalized spacial score (nSPS) is 17.7. The molecule has 1 unspecified atom stereocenters. The van der Waals surface area contributed by atoms with Gasteiger partial charge in [0.2, 0.25) is 5.91 Å². The number of ether oxygens (including phenoxy) is 1. The number of urea groups is 1. The minimum Gasteiger partial charge on any atom is -0.478 e. The Hall–Kier alpha value is -2.87. The third kappa shape index (κ3) is 3.47. The van der Waals surface area contributed by atoms with Crippen LogP contribution in [-0.2, 0) is 11.3 Å². The van der Waals surface area contributed by atoms with Crippen molar-refractivity contribution in [2.75, 3.05) is 0 Å². The highest BCUT2D eigenvalue weighted by Gasteiger charge is 2.62. The SMILES string of the molecule is CCC1(CC)C(=O)N(C(=O)NCc2cccs2)C1Oc1ccc(C(=O)O)cc1. The second kappa shape index (κ2) is 8.02. The highest BCUT2D eigenvalue weighted by molar-refractivity contribution is 7.09. The first-order chi connectivity index (χ1) is 13.4. The minimum absolute atomic E-state index is 0.139. The molecule has 1 saturated heterocycles. The van der Waals surface area contributed by atoms with Crippen LogP contribution in [0, 0.1) is 5.41 Å². The number of aromatic carboxylic acids is 1. The van der Waals surface area contributed by atoms with Gasteiger partial charge in [-0.05, 0) is 48.6 Å². The maximum Gasteiger partial charge on any atom is 0.335 e. The number of amides is 3. The molecule has 28 heavy (non-hydrogen) atoms. The molecule has 0 bridgehead atoms. The number of carboxylic acids is 1.